The quantitative estimate of drug-likeness (QED) is 0.753. The number of anilines is 1. The van der Waals surface area contributed by atoms with Crippen LogP contribution in [0.4, 0.5) is 5.69 Å². The van der Waals surface area contributed by atoms with Crippen molar-refractivity contribution in [1.82, 2.24) is 0 Å². The molecule has 0 heterocycles. The van der Waals surface area contributed by atoms with E-state index in [1.165, 1.54) is 0 Å². The molecule has 2 rings (SSSR count). The number of rotatable bonds is 7. The molecule has 2 aromatic carbocycles. The Morgan fingerprint density at radius 3 is 2.46 bits per heavy atom. The minimum absolute atomic E-state index is 0.272. The molecule has 0 spiro atoms. The first-order valence-corrected chi connectivity index (χ1v) is 8.77. The number of amides is 1. The number of benzene rings is 2. The number of hydrogen-bond donors (Lipinski definition) is 1. The molecule has 0 saturated carbocycles. The highest BCUT2D eigenvalue weighted by Crippen LogP contribution is 2.23. The zero-order valence-corrected chi connectivity index (χ0v) is 15.7. The molecule has 0 radical (unpaired) electrons. The molecule has 5 heteroatoms. The Hall–Kier alpha value is -2.82. The SMILES string of the molecule is CCOC(=O)c1ccccc1NC(=O)[C@H](CC)Oc1cccc(C)c1C. The van der Waals surface area contributed by atoms with Gasteiger partial charge in [0.15, 0.2) is 6.10 Å². The molecule has 0 aromatic heterocycles. The summed E-state index contributed by atoms with van der Waals surface area (Å²) in [4.78, 5) is 24.7. The van der Waals surface area contributed by atoms with Crippen molar-refractivity contribution in [2.45, 2.75) is 40.2 Å². The lowest BCUT2D eigenvalue weighted by Crippen LogP contribution is -2.33. The van der Waals surface area contributed by atoms with E-state index in [-0.39, 0.29) is 12.5 Å². The van der Waals surface area contributed by atoms with Gasteiger partial charge in [0, 0.05) is 0 Å². The fourth-order valence-corrected chi connectivity index (χ4v) is 2.52. The summed E-state index contributed by atoms with van der Waals surface area (Å²) in [5.74, 6) is -0.0808. The first-order chi connectivity index (χ1) is 12.5. The van der Waals surface area contributed by atoms with E-state index in [1.54, 1.807) is 31.2 Å². The molecule has 0 aliphatic carbocycles. The second kappa shape index (κ2) is 9.04. The van der Waals surface area contributed by atoms with Crippen LogP contribution in [0.2, 0.25) is 0 Å². The van der Waals surface area contributed by atoms with E-state index in [0.717, 1.165) is 11.1 Å². The van der Waals surface area contributed by atoms with Crippen molar-refractivity contribution in [2.24, 2.45) is 0 Å². The summed E-state index contributed by atoms with van der Waals surface area (Å²) >= 11 is 0. The Morgan fingerprint density at radius 1 is 1.04 bits per heavy atom. The number of aryl methyl sites for hydroxylation is 1. The molecule has 1 N–H and O–H groups in total. The van der Waals surface area contributed by atoms with Gasteiger partial charge in [0.25, 0.3) is 5.91 Å². The molecule has 0 unspecified atom stereocenters. The Labute approximate surface area is 154 Å². The van der Waals surface area contributed by atoms with Crippen molar-refractivity contribution < 1.29 is 19.1 Å². The predicted octanol–water partition coefficient (Wildman–Crippen LogP) is 4.28. The van der Waals surface area contributed by atoms with E-state index < -0.39 is 12.1 Å². The molecule has 5 nitrogen and oxygen atoms in total. The summed E-state index contributed by atoms with van der Waals surface area (Å²) in [7, 11) is 0. The highest BCUT2D eigenvalue weighted by Gasteiger charge is 2.22. The highest BCUT2D eigenvalue weighted by atomic mass is 16.5. The summed E-state index contributed by atoms with van der Waals surface area (Å²) in [6, 6.07) is 12.5. The lowest BCUT2D eigenvalue weighted by molar-refractivity contribution is -0.122. The standard InChI is InChI=1S/C21H25NO4/c1-5-18(26-19-13-9-10-14(3)15(19)4)20(23)22-17-12-8-7-11-16(17)21(24)25-6-2/h7-13,18H,5-6H2,1-4H3,(H,22,23)/t18-/m0/s1. The third kappa shape index (κ3) is 4.63. The van der Waals surface area contributed by atoms with Gasteiger partial charge >= 0.3 is 5.97 Å². The van der Waals surface area contributed by atoms with Crippen LogP contribution in [0.25, 0.3) is 0 Å². The number of carbonyl (C=O) groups is 2. The summed E-state index contributed by atoms with van der Waals surface area (Å²) in [6.45, 7) is 7.86. The molecular weight excluding hydrogens is 330 g/mol. The largest absolute Gasteiger partial charge is 0.480 e. The maximum Gasteiger partial charge on any atom is 0.340 e. The van der Waals surface area contributed by atoms with Gasteiger partial charge in [0.05, 0.1) is 17.9 Å². The lowest BCUT2D eigenvalue weighted by Gasteiger charge is -2.20. The van der Waals surface area contributed by atoms with E-state index in [1.807, 2.05) is 39.0 Å². The predicted molar refractivity (Wildman–Crippen MR) is 102 cm³/mol. The van der Waals surface area contributed by atoms with E-state index in [0.29, 0.717) is 23.4 Å². The maximum atomic E-state index is 12.7. The Bertz CT molecular complexity index is 785. The molecule has 138 valence electrons. The molecule has 1 atom stereocenters. The molecule has 0 aliphatic heterocycles. The average Bonchev–Trinajstić information content (AvgIpc) is 2.63. The first-order valence-electron chi connectivity index (χ1n) is 8.77. The van der Waals surface area contributed by atoms with Crippen molar-refractivity contribution in [1.29, 1.82) is 0 Å². The van der Waals surface area contributed by atoms with E-state index in [9.17, 15) is 9.59 Å². The molecule has 0 bridgehead atoms. The molecule has 0 aliphatic rings. The molecular formula is C21H25NO4. The van der Waals surface area contributed by atoms with Gasteiger partial charge in [-0.3, -0.25) is 4.79 Å². The Kier molecular flexibility index (Phi) is 6.78. The van der Waals surface area contributed by atoms with Crippen LogP contribution in [0.1, 0.15) is 41.8 Å². The smallest absolute Gasteiger partial charge is 0.340 e. The number of esters is 1. The van der Waals surface area contributed by atoms with Crippen molar-refractivity contribution in [2.75, 3.05) is 11.9 Å². The summed E-state index contributed by atoms with van der Waals surface area (Å²) in [5.41, 5.74) is 2.85. The first kappa shape index (κ1) is 19.5. The number of nitrogens with one attached hydrogen (secondary N) is 1. The van der Waals surface area contributed by atoms with Gasteiger partial charge in [-0.15, -0.1) is 0 Å². The maximum absolute atomic E-state index is 12.7. The Balaban J connectivity index is 2.17. The number of carbonyl (C=O) groups excluding carboxylic acids is 2. The molecule has 26 heavy (non-hydrogen) atoms. The van der Waals surface area contributed by atoms with Crippen LogP contribution in [0.5, 0.6) is 5.75 Å². The third-order valence-corrected chi connectivity index (χ3v) is 4.17. The van der Waals surface area contributed by atoms with Gasteiger partial charge in [0.2, 0.25) is 0 Å². The molecule has 2 aromatic rings. The van der Waals surface area contributed by atoms with Gasteiger partial charge in [-0.05, 0) is 56.5 Å². The number of ether oxygens (including phenoxy) is 2. The van der Waals surface area contributed by atoms with Gasteiger partial charge in [0.1, 0.15) is 5.75 Å². The molecule has 0 saturated heterocycles. The fourth-order valence-electron chi connectivity index (χ4n) is 2.52. The average molecular weight is 355 g/mol. The van der Waals surface area contributed by atoms with Crippen LogP contribution in [-0.2, 0) is 9.53 Å². The third-order valence-electron chi connectivity index (χ3n) is 4.17. The van der Waals surface area contributed by atoms with Crippen molar-refractivity contribution >= 4 is 17.6 Å². The summed E-state index contributed by atoms with van der Waals surface area (Å²) < 4.78 is 11.0. The Morgan fingerprint density at radius 2 is 1.77 bits per heavy atom. The second-order valence-corrected chi connectivity index (χ2v) is 5.97. The minimum Gasteiger partial charge on any atom is -0.480 e. The summed E-state index contributed by atoms with van der Waals surface area (Å²) in [6.07, 6.45) is -0.161. The van der Waals surface area contributed by atoms with Gasteiger partial charge < -0.3 is 14.8 Å². The van der Waals surface area contributed by atoms with Crippen molar-refractivity contribution in [3.63, 3.8) is 0 Å². The zero-order chi connectivity index (χ0) is 19.1. The highest BCUT2D eigenvalue weighted by molar-refractivity contribution is 6.02. The van der Waals surface area contributed by atoms with Crippen LogP contribution in [-0.4, -0.2) is 24.6 Å². The fraction of sp³-hybridized carbons (Fsp3) is 0.333. The van der Waals surface area contributed by atoms with E-state index in [2.05, 4.69) is 5.32 Å². The van der Waals surface area contributed by atoms with E-state index >= 15 is 0 Å². The summed E-state index contributed by atoms with van der Waals surface area (Å²) in [5, 5.41) is 2.79. The molecule has 0 fully saturated rings. The lowest BCUT2D eigenvalue weighted by atomic mass is 10.1. The zero-order valence-electron chi connectivity index (χ0n) is 15.7. The molecule has 1 amide bonds. The van der Waals surface area contributed by atoms with Crippen LogP contribution in [0.3, 0.4) is 0 Å². The van der Waals surface area contributed by atoms with Gasteiger partial charge in [-0.1, -0.05) is 31.2 Å². The normalized spacial score (nSPS) is 11.5. The van der Waals surface area contributed by atoms with Crippen LogP contribution < -0.4 is 10.1 Å². The van der Waals surface area contributed by atoms with Crippen molar-refractivity contribution in [3.8, 4) is 5.75 Å². The van der Waals surface area contributed by atoms with Crippen molar-refractivity contribution in [3.05, 3.63) is 59.2 Å². The van der Waals surface area contributed by atoms with E-state index in [4.69, 9.17) is 9.47 Å². The van der Waals surface area contributed by atoms with Gasteiger partial charge in [-0.25, -0.2) is 4.79 Å². The van der Waals surface area contributed by atoms with Crippen LogP contribution in [0.15, 0.2) is 42.5 Å². The van der Waals surface area contributed by atoms with Crippen LogP contribution >= 0.6 is 0 Å². The number of para-hydroxylation sites is 1. The van der Waals surface area contributed by atoms with Gasteiger partial charge in [-0.2, -0.15) is 0 Å². The van der Waals surface area contributed by atoms with Crippen LogP contribution in [0, 0.1) is 13.8 Å². The monoisotopic (exact) mass is 355 g/mol. The number of hydrogen-bond acceptors (Lipinski definition) is 4. The second-order valence-electron chi connectivity index (χ2n) is 5.97. The minimum atomic E-state index is -0.661. The topological polar surface area (TPSA) is 64.6 Å².